The minimum atomic E-state index is -0.669. The van der Waals surface area contributed by atoms with Gasteiger partial charge in [-0.25, -0.2) is 0 Å². The number of fused-ring (bicyclic) bond motifs is 1. The lowest BCUT2D eigenvalue weighted by Gasteiger charge is -2.38. The van der Waals surface area contributed by atoms with Gasteiger partial charge in [-0.3, -0.25) is 9.59 Å². The van der Waals surface area contributed by atoms with Gasteiger partial charge in [0, 0.05) is 12.0 Å². The maximum atomic E-state index is 12.9. The predicted molar refractivity (Wildman–Crippen MR) is 170 cm³/mol. The summed E-state index contributed by atoms with van der Waals surface area (Å²) in [6.07, 6.45) is 9.76. The normalized spacial score (nSPS) is 17.9. The molecule has 1 aliphatic rings. The number of carbonyl (C=O) groups is 2. The smallest absolute Gasteiger partial charge is 0.313 e. The van der Waals surface area contributed by atoms with Gasteiger partial charge in [0.2, 0.25) is 0 Å². The first-order valence-corrected chi connectivity index (χ1v) is 15.7. The molecule has 5 nitrogen and oxygen atoms in total. The van der Waals surface area contributed by atoms with Crippen LogP contribution in [0.3, 0.4) is 0 Å². The van der Waals surface area contributed by atoms with Gasteiger partial charge in [-0.05, 0) is 94.0 Å². The Balaban J connectivity index is 1.52. The third-order valence-electron chi connectivity index (χ3n) is 8.44. The summed E-state index contributed by atoms with van der Waals surface area (Å²) in [6.45, 7) is 17.3. The minimum Gasteiger partial charge on any atom is -0.488 e. The number of rotatable bonds is 15. The van der Waals surface area contributed by atoms with Crippen molar-refractivity contribution in [2.24, 2.45) is 11.8 Å². The van der Waals surface area contributed by atoms with Crippen molar-refractivity contribution < 1.29 is 23.8 Å². The molecule has 0 saturated heterocycles. The molecule has 0 fully saturated rings. The number of benzene rings is 2. The third kappa shape index (κ3) is 9.74. The molecule has 5 heteroatoms. The van der Waals surface area contributed by atoms with Gasteiger partial charge in [-0.2, -0.15) is 0 Å². The van der Waals surface area contributed by atoms with Crippen LogP contribution in [-0.2, 0) is 27.4 Å². The number of esters is 1. The van der Waals surface area contributed by atoms with Crippen LogP contribution in [0.25, 0.3) is 0 Å². The molecule has 2 aromatic rings. The average molecular weight is 577 g/mol. The first-order chi connectivity index (χ1) is 19.9. The van der Waals surface area contributed by atoms with Crippen LogP contribution in [0.4, 0.5) is 0 Å². The lowest BCUT2D eigenvalue weighted by atomic mass is 9.84. The molecule has 2 aromatic carbocycles. The Morgan fingerprint density at radius 3 is 2.40 bits per heavy atom. The molecule has 1 heterocycles. The fourth-order valence-corrected chi connectivity index (χ4v) is 5.78. The number of allylic oxidation sites excluding steroid dienone is 1. The Bertz CT molecular complexity index is 1230. The molecular weight excluding hydrogens is 524 g/mol. The van der Waals surface area contributed by atoms with Gasteiger partial charge in [-0.1, -0.05) is 76.4 Å². The highest BCUT2D eigenvalue weighted by Crippen LogP contribution is 2.44. The van der Waals surface area contributed by atoms with Gasteiger partial charge >= 0.3 is 5.97 Å². The van der Waals surface area contributed by atoms with Crippen LogP contribution < -0.4 is 9.47 Å². The van der Waals surface area contributed by atoms with Crippen molar-refractivity contribution in [3.8, 4) is 11.5 Å². The Morgan fingerprint density at radius 1 is 1.00 bits per heavy atom. The first-order valence-electron chi connectivity index (χ1n) is 15.7. The summed E-state index contributed by atoms with van der Waals surface area (Å²) in [6, 6.07) is 10.2. The number of hydrogen-bond acceptors (Lipinski definition) is 5. The number of ether oxygens (including phenoxy) is 3. The molecule has 42 heavy (non-hydrogen) atoms. The highest BCUT2D eigenvalue weighted by molar-refractivity contribution is 5.96. The molecule has 0 saturated carbocycles. The summed E-state index contributed by atoms with van der Waals surface area (Å²) < 4.78 is 18.3. The summed E-state index contributed by atoms with van der Waals surface area (Å²) in [5.74, 6) is 2.47. The van der Waals surface area contributed by atoms with Gasteiger partial charge in [0.05, 0.1) is 0 Å². The van der Waals surface area contributed by atoms with Crippen molar-refractivity contribution in [2.75, 3.05) is 0 Å². The molecule has 1 aliphatic heterocycles. The molecule has 2 unspecified atom stereocenters. The predicted octanol–water partition coefficient (Wildman–Crippen LogP) is 8.96. The van der Waals surface area contributed by atoms with Crippen LogP contribution in [-0.4, -0.2) is 23.5 Å². The topological polar surface area (TPSA) is 61.8 Å². The van der Waals surface area contributed by atoms with Crippen molar-refractivity contribution in [3.63, 3.8) is 0 Å². The molecule has 0 bridgehead atoms. The summed E-state index contributed by atoms with van der Waals surface area (Å²) in [5.41, 5.74) is 4.77. The van der Waals surface area contributed by atoms with E-state index in [1.165, 1.54) is 19.3 Å². The van der Waals surface area contributed by atoms with Gasteiger partial charge in [0.25, 0.3) is 0 Å². The Morgan fingerprint density at radius 2 is 1.71 bits per heavy atom. The second-order valence-electron chi connectivity index (χ2n) is 13.0. The summed E-state index contributed by atoms with van der Waals surface area (Å²) >= 11 is 0. The molecular formula is C37H52O5. The Hall–Kier alpha value is -3.08. The van der Waals surface area contributed by atoms with Crippen molar-refractivity contribution in [3.05, 3.63) is 70.3 Å². The largest absolute Gasteiger partial charge is 0.488 e. The molecule has 0 spiro atoms. The van der Waals surface area contributed by atoms with Crippen LogP contribution in [0.1, 0.15) is 107 Å². The molecule has 230 valence electrons. The maximum absolute atomic E-state index is 12.9. The maximum Gasteiger partial charge on any atom is 0.313 e. The van der Waals surface area contributed by atoms with E-state index in [9.17, 15) is 9.59 Å². The second kappa shape index (κ2) is 15.4. The zero-order valence-electron chi connectivity index (χ0n) is 27.2. The zero-order valence-corrected chi connectivity index (χ0v) is 27.2. The van der Waals surface area contributed by atoms with Gasteiger partial charge in [0.1, 0.15) is 42.0 Å². The lowest BCUT2D eigenvalue weighted by molar-refractivity contribution is -0.148. The third-order valence-corrected chi connectivity index (χ3v) is 8.44. The second-order valence-corrected chi connectivity index (χ2v) is 13.0. The van der Waals surface area contributed by atoms with Crippen molar-refractivity contribution >= 4 is 11.8 Å². The van der Waals surface area contributed by atoms with Crippen LogP contribution in [0.2, 0.25) is 0 Å². The Kier molecular flexibility index (Phi) is 12.3. The van der Waals surface area contributed by atoms with E-state index in [2.05, 4.69) is 59.8 Å². The van der Waals surface area contributed by atoms with E-state index in [0.29, 0.717) is 18.9 Å². The van der Waals surface area contributed by atoms with Crippen molar-refractivity contribution in [2.45, 2.75) is 125 Å². The van der Waals surface area contributed by atoms with E-state index in [1.807, 2.05) is 38.1 Å². The van der Waals surface area contributed by atoms with Crippen LogP contribution >= 0.6 is 0 Å². The van der Waals surface area contributed by atoms with E-state index in [0.717, 1.165) is 58.1 Å². The summed E-state index contributed by atoms with van der Waals surface area (Å²) in [4.78, 5) is 25.5. The van der Waals surface area contributed by atoms with E-state index >= 15 is 0 Å². The summed E-state index contributed by atoms with van der Waals surface area (Å²) in [7, 11) is 0. The van der Waals surface area contributed by atoms with Crippen LogP contribution in [0.5, 0.6) is 11.5 Å². The van der Waals surface area contributed by atoms with E-state index < -0.39 is 11.6 Å². The van der Waals surface area contributed by atoms with Crippen LogP contribution in [0, 0.1) is 32.6 Å². The zero-order chi connectivity index (χ0) is 30.9. The molecule has 0 N–H and O–H groups in total. The summed E-state index contributed by atoms with van der Waals surface area (Å²) in [5, 5.41) is 0. The molecule has 0 aliphatic carbocycles. The lowest BCUT2D eigenvalue weighted by Crippen LogP contribution is -2.39. The van der Waals surface area contributed by atoms with E-state index in [-0.39, 0.29) is 24.7 Å². The monoisotopic (exact) mass is 576 g/mol. The van der Waals surface area contributed by atoms with Gasteiger partial charge in [0.15, 0.2) is 0 Å². The highest BCUT2D eigenvalue weighted by Gasteiger charge is 2.37. The SMILES string of the molecule is Cc1c(C)c2c(c(C)c1OCc1ccccc1)CCC(C)(CC(=O)CC(=O)OC(C)/C=C/C[C@H](C)CCCC(C)C)O2. The molecule has 3 rings (SSSR count). The fourth-order valence-electron chi connectivity index (χ4n) is 5.78. The van der Waals surface area contributed by atoms with Crippen molar-refractivity contribution in [1.82, 2.24) is 0 Å². The number of carbonyl (C=O) groups excluding carboxylic acids is 2. The number of hydrogen-bond donors (Lipinski definition) is 0. The van der Waals surface area contributed by atoms with Crippen molar-refractivity contribution in [1.29, 1.82) is 0 Å². The van der Waals surface area contributed by atoms with Gasteiger partial charge < -0.3 is 14.2 Å². The average Bonchev–Trinajstić information content (AvgIpc) is 2.91. The fraction of sp³-hybridized carbons (Fsp3) is 0.568. The first kappa shape index (κ1) is 33.4. The van der Waals surface area contributed by atoms with E-state index in [1.54, 1.807) is 0 Å². The molecule has 0 radical (unpaired) electrons. The van der Waals surface area contributed by atoms with E-state index in [4.69, 9.17) is 14.2 Å². The molecule has 3 atom stereocenters. The standard InChI is InChI=1S/C37H52O5/c1-25(2)14-12-15-26(3)16-13-17-27(4)41-34(39)22-32(38)23-37(8)21-20-33-30(7)35(28(5)29(6)36(33)42-37)40-24-31-18-10-9-11-19-31/h9-11,13,17-19,25-27H,12,14-16,20-24H2,1-8H3/b17-13+/t26-,27?,37?/m1/s1. The Labute approximate surface area is 254 Å². The quantitative estimate of drug-likeness (QED) is 0.120. The highest BCUT2D eigenvalue weighted by atomic mass is 16.5. The van der Waals surface area contributed by atoms with Crippen LogP contribution in [0.15, 0.2) is 42.5 Å². The number of ketones is 1. The van der Waals surface area contributed by atoms with Gasteiger partial charge in [-0.15, -0.1) is 0 Å². The number of Topliss-reactive ketones (excluding diaryl/α,β-unsaturated/α-hetero) is 1. The molecule has 0 aromatic heterocycles. The minimum absolute atomic E-state index is 0.158. The molecule has 0 amide bonds.